The number of nitrogens with zero attached hydrogens (tertiary/aromatic N) is 1. The van der Waals surface area contributed by atoms with Crippen molar-refractivity contribution in [1.82, 2.24) is 10.3 Å². The smallest absolute Gasteiger partial charge is 0.269 e. The Bertz CT molecular complexity index is 340. The molecular weight excluding hydrogens is 211 g/mol. The van der Waals surface area contributed by atoms with Crippen LogP contribution in [0.4, 0.5) is 4.39 Å². The molecule has 0 aliphatic heterocycles. The van der Waals surface area contributed by atoms with Crippen LogP contribution in [-0.4, -0.2) is 29.1 Å². The fraction of sp³-hybridized carbons (Fsp3) is 0.455. The van der Waals surface area contributed by atoms with Crippen LogP contribution in [0.1, 0.15) is 23.8 Å². The van der Waals surface area contributed by atoms with Gasteiger partial charge in [0.1, 0.15) is 11.5 Å². The minimum atomic E-state index is -0.467. The Morgan fingerprint density at radius 1 is 1.62 bits per heavy atom. The summed E-state index contributed by atoms with van der Waals surface area (Å²) in [6.07, 6.45) is 1.64. The molecule has 88 valence electrons. The van der Waals surface area contributed by atoms with Crippen molar-refractivity contribution >= 4 is 5.91 Å². The first-order valence-corrected chi connectivity index (χ1v) is 5.14. The SMILES string of the molecule is CC(CCO)CNC(=O)c1ccc(F)cn1. The molecule has 0 fully saturated rings. The summed E-state index contributed by atoms with van der Waals surface area (Å²) in [5, 5.41) is 11.4. The fourth-order valence-electron chi connectivity index (χ4n) is 1.19. The van der Waals surface area contributed by atoms with Crippen molar-refractivity contribution in [2.45, 2.75) is 13.3 Å². The summed E-state index contributed by atoms with van der Waals surface area (Å²) in [5.41, 5.74) is 0.192. The molecule has 1 heterocycles. The zero-order chi connectivity index (χ0) is 12.0. The Morgan fingerprint density at radius 2 is 2.38 bits per heavy atom. The first-order valence-electron chi connectivity index (χ1n) is 5.14. The topological polar surface area (TPSA) is 62.2 Å². The molecule has 1 aromatic rings. The average Bonchev–Trinajstić information content (AvgIpc) is 2.27. The van der Waals surface area contributed by atoms with Gasteiger partial charge in [0.15, 0.2) is 0 Å². The van der Waals surface area contributed by atoms with Crippen LogP contribution < -0.4 is 5.32 Å². The number of halogens is 1. The summed E-state index contributed by atoms with van der Waals surface area (Å²) in [7, 11) is 0. The second-order valence-electron chi connectivity index (χ2n) is 3.69. The highest BCUT2D eigenvalue weighted by atomic mass is 19.1. The lowest BCUT2D eigenvalue weighted by Crippen LogP contribution is -2.29. The van der Waals surface area contributed by atoms with E-state index in [1.807, 2.05) is 6.92 Å². The van der Waals surface area contributed by atoms with E-state index in [0.717, 1.165) is 6.20 Å². The van der Waals surface area contributed by atoms with Gasteiger partial charge in [-0.1, -0.05) is 6.92 Å². The van der Waals surface area contributed by atoms with Crippen molar-refractivity contribution in [1.29, 1.82) is 0 Å². The van der Waals surface area contributed by atoms with Gasteiger partial charge in [-0.3, -0.25) is 4.79 Å². The quantitative estimate of drug-likeness (QED) is 0.786. The number of carbonyl (C=O) groups excluding carboxylic acids is 1. The zero-order valence-corrected chi connectivity index (χ0v) is 9.11. The molecule has 0 radical (unpaired) electrons. The van der Waals surface area contributed by atoms with Crippen LogP contribution in [0, 0.1) is 11.7 Å². The maximum atomic E-state index is 12.5. The summed E-state index contributed by atoms with van der Waals surface area (Å²) in [6.45, 7) is 2.50. The number of hydrogen-bond donors (Lipinski definition) is 2. The monoisotopic (exact) mass is 226 g/mol. The van der Waals surface area contributed by atoms with Crippen molar-refractivity contribution in [2.24, 2.45) is 5.92 Å². The Kier molecular flexibility index (Phi) is 4.85. The van der Waals surface area contributed by atoms with E-state index in [0.29, 0.717) is 13.0 Å². The van der Waals surface area contributed by atoms with Crippen molar-refractivity contribution in [3.05, 3.63) is 29.8 Å². The number of rotatable bonds is 5. The Labute approximate surface area is 93.5 Å². The number of aliphatic hydroxyl groups is 1. The van der Waals surface area contributed by atoms with Crippen LogP contribution in [0.5, 0.6) is 0 Å². The molecule has 1 amide bonds. The summed E-state index contributed by atoms with van der Waals surface area (Å²) < 4.78 is 12.5. The van der Waals surface area contributed by atoms with Gasteiger partial charge in [0.05, 0.1) is 6.20 Å². The summed E-state index contributed by atoms with van der Waals surface area (Å²) in [4.78, 5) is 15.2. The number of nitrogens with one attached hydrogen (secondary N) is 1. The lowest BCUT2D eigenvalue weighted by atomic mass is 10.1. The summed E-state index contributed by atoms with van der Waals surface area (Å²) in [5.74, 6) is -0.593. The highest BCUT2D eigenvalue weighted by Crippen LogP contribution is 2.01. The van der Waals surface area contributed by atoms with Gasteiger partial charge in [-0.15, -0.1) is 0 Å². The molecule has 0 aliphatic rings. The number of aliphatic hydroxyl groups excluding tert-OH is 1. The molecule has 5 heteroatoms. The van der Waals surface area contributed by atoms with E-state index in [9.17, 15) is 9.18 Å². The molecule has 16 heavy (non-hydrogen) atoms. The van der Waals surface area contributed by atoms with E-state index in [-0.39, 0.29) is 24.1 Å². The number of pyridine rings is 1. The van der Waals surface area contributed by atoms with Gasteiger partial charge in [0.2, 0.25) is 0 Å². The lowest BCUT2D eigenvalue weighted by molar-refractivity contribution is 0.0940. The van der Waals surface area contributed by atoms with E-state index in [1.54, 1.807) is 0 Å². The molecule has 4 nitrogen and oxygen atoms in total. The normalized spacial score (nSPS) is 12.2. The average molecular weight is 226 g/mol. The molecule has 0 aliphatic carbocycles. The summed E-state index contributed by atoms with van der Waals surface area (Å²) >= 11 is 0. The van der Waals surface area contributed by atoms with Gasteiger partial charge < -0.3 is 10.4 Å². The van der Waals surface area contributed by atoms with Gasteiger partial charge in [-0.25, -0.2) is 9.37 Å². The molecule has 0 saturated heterocycles. The van der Waals surface area contributed by atoms with Gasteiger partial charge in [-0.05, 0) is 24.5 Å². The van der Waals surface area contributed by atoms with Crippen LogP contribution in [0.2, 0.25) is 0 Å². The largest absolute Gasteiger partial charge is 0.396 e. The molecule has 1 aromatic heterocycles. The molecule has 0 spiro atoms. The third-order valence-corrected chi connectivity index (χ3v) is 2.19. The van der Waals surface area contributed by atoms with Crippen LogP contribution >= 0.6 is 0 Å². The van der Waals surface area contributed by atoms with Gasteiger partial charge in [-0.2, -0.15) is 0 Å². The first-order chi connectivity index (χ1) is 7.63. The van der Waals surface area contributed by atoms with Gasteiger partial charge in [0.25, 0.3) is 5.91 Å². The standard InChI is InChI=1S/C11H15FN2O2/c1-8(4-5-15)6-14-11(16)10-3-2-9(12)7-13-10/h2-3,7-8,15H,4-6H2,1H3,(H,14,16). The molecule has 2 N–H and O–H groups in total. The Balaban J connectivity index is 2.43. The highest BCUT2D eigenvalue weighted by molar-refractivity contribution is 5.92. The lowest BCUT2D eigenvalue weighted by Gasteiger charge is -2.10. The van der Waals surface area contributed by atoms with E-state index in [2.05, 4.69) is 10.3 Å². The minimum Gasteiger partial charge on any atom is -0.396 e. The number of hydrogen-bond acceptors (Lipinski definition) is 3. The van der Waals surface area contributed by atoms with Crippen molar-refractivity contribution < 1.29 is 14.3 Å². The predicted molar refractivity (Wildman–Crippen MR) is 57.4 cm³/mol. The van der Waals surface area contributed by atoms with Crippen molar-refractivity contribution in [2.75, 3.05) is 13.2 Å². The van der Waals surface area contributed by atoms with Crippen LogP contribution in [0.15, 0.2) is 18.3 Å². The predicted octanol–water partition coefficient (Wildman–Crippen LogP) is 0.969. The molecule has 0 bridgehead atoms. The third kappa shape index (κ3) is 3.94. The Hall–Kier alpha value is -1.49. The first kappa shape index (κ1) is 12.6. The maximum absolute atomic E-state index is 12.5. The van der Waals surface area contributed by atoms with Crippen LogP contribution in [0.3, 0.4) is 0 Å². The summed E-state index contributed by atoms with van der Waals surface area (Å²) in [6, 6.07) is 2.53. The molecule has 0 saturated carbocycles. The molecule has 1 unspecified atom stereocenters. The second-order valence-corrected chi connectivity index (χ2v) is 3.69. The minimum absolute atomic E-state index is 0.103. The zero-order valence-electron chi connectivity index (χ0n) is 9.11. The highest BCUT2D eigenvalue weighted by Gasteiger charge is 2.08. The van der Waals surface area contributed by atoms with E-state index in [4.69, 9.17) is 5.11 Å². The van der Waals surface area contributed by atoms with E-state index in [1.165, 1.54) is 12.1 Å². The third-order valence-electron chi connectivity index (χ3n) is 2.19. The van der Waals surface area contributed by atoms with Gasteiger partial charge in [0, 0.05) is 13.2 Å². The number of aromatic nitrogens is 1. The number of amides is 1. The fourth-order valence-corrected chi connectivity index (χ4v) is 1.19. The van der Waals surface area contributed by atoms with Crippen molar-refractivity contribution in [3.8, 4) is 0 Å². The second kappa shape index (κ2) is 6.17. The molecule has 0 aromatic carbocycles. The van der Waals surface area contributed by atoms with Crippen LogP contribution in [0.25, 0.3) is 0 Å². The molecule has 1 rings (SSSR count). The van der Waals surface area contributed by atoms with Gasteiger partial charge >= 0.3 is 0 Å². The number of carbonyl (C=O) groups is 1. The molecular formula is C11H15FN2O2. The Morgan fingerprint density at radius 3 is 2.94 bits per heavy atom. The van der Waals surface area contributed by atoms with Crippen LogP contribution in [-0.2, 0) is 0 Å². The maximum Gasteiger partial charge on any atom is 0.269 e. The van der Waals surface area contributed by atoms with E-state index >= 15 is 0 Å². The van der Waals surface area contributed by atoms with E-state index < -0.39 is 5.82 Å². The molecule has 1 atom stereocenters. The van der Waals surface area contributed by atoms with Crippen molar-refractivity contribution in [3.63, 3.8) is 0 Å².